The first kappa shape index (κ1) is 61.3. The van der Waals surface area contributed by atoms with E-state index in [1.54, 1.807) is 13.8 Å². The number of hydrogen-bond donors (Lipinski definition) is 17. The third-order valence-electron chi connectivity index (χ3n) is 9.62. The van der Waals surface area contributed by atoms with Crippen molar-refractivity contribution >= 4 is 89.6 Å². The zero-order valence-electron chi connectivity index (χ0n) is 37.7. The molecule has 0 rings (SSSR count). The minimum absolute atomic E-state index is 0.327. The average Bonchev–Trinajstić information content (AvgIpc) is 3.26. The molecule has 0 saturated carbocycles. The van der Waals surface area contributed by atoms with Gasteiger partial charge in [-0.2, -0.15) is 12.6 Å². The van der Waals surface area contributed by atoms with Crippen LogP contribution in [-0.4, -0.2) is 178 Å². The van der Waals surface area contributed by atoms with E-state index in [9.17, 15) is 77.6 Å². The van der Waals surface area contributed by atoms with Gasteiger partial charge in [-0.25, -0.2) is 4.79 Å². The number of amides is 10. The fourth-order valence-electron chi connectivity index (χ4n) is 5.61. The maximum atomic E-state index is 13.5. The molecule has 0 aromatic carbocycles. The summed E-state index contributed by atoms with van der Waals surface area (Å²) < 4.78 is 0. The van der Waals surface area contributed by atoms with Crippen molar-refractivity contribution in [2.45, 2.75) is 121 Å². The predicted octanol–water partition coefficient (Wildman–Crippen LogP) is -7.64. The summed E-state index contributed by atoms with van der Waals surface area (Å²) in [5.74, 6) is -16.1. The van der Waals surface area contributed by atoms with Crippen molar-refractivity contribution in [3.63, 3.8) is 0 Å². The summed E-state index contributed by atoms with van der Waals surface area (Å²) >= 11 is 4.10. The van der Waals surface area contributed by atoms with Crippen molar-refractivity contribution in [1.82, 2.24) is 47.9 Å². The summed E-state index contributed by atoms with van der Waals surface area (Å²) in [7, 11) is 0. The fraction of sp³-hybridized carbons (Fsp3) is 0.658. The third-order valence-corrected chi connectivity index (χ3v) is 9.98. The summed E-state index contributed by atoms with van der Waals surface area (Å²) in [5, 5.41) is 57.9. The SMILES string of the molecule is CC[C@H](C)[C@H](NC(=O)CNC(=O)[C@@H](N)CCCCN)C(=O)N[C@@H](CS)C(=O)N[C@H](C(=O)N[C@@H](CCC(=O)O)C(=O)N[C@@H](CC(=O)O)C(=O)NCC(=O)NCC(=O)N[C@@H](CC(N)=O)C(=O)O)[C@@H](C)O. The van der Waals surface area contributed by atoms with Gasteiger partial charge in [-0.1, -0.05) is 26.7 Å². The highest BCUT2D eigenvalue weighted by Crippen LogP contribution is 2.10. The maximum Gasteiger partial charge on any atom is 0.326 e. The molecular weight excluding hydrogens is 929 g/mol. The number of hydrogen-bond acceptors (Lipinski definition) is 17. The van der Waals surface area contributed by atoms with Gasteiger partial charge in [0.2, 0.25) is 59.1 Å². The van der Waals surface area contributed by atoms with Crippen LogP contribution in [0.3, 0.4) is 0 Å². The van der Waals surface area contributed by atoms with Gasteiger partial charge in [0.05, 0.1) is 44.6 Å². The highest BCUT2D eigenvalue weighted by atomic mass is 32.1. The van der Waals surface area contributed by atoms with Crippen molar-refractivity contribution in [3.05, 3.63) is 0 Å². The smallest absolute Gasteiger partial charge is 0.326 e. The highest BCUT2D eigenvalue weighted by molar-refractivity contribution is 7.80. The summed E-state index contributed by atoms with van der Waals surface area (Å²) in [6.07, 6.45) is -3.17. The van der Waals surface area contributed by atoms with Gasteiger partial charge in [0.25, 0.3) is 0 Å². The average molecular weight is 993 g/mol. The van der Waals surface area contributed by atoms with Crippen molar-refractivity contribution < 1.29 is 82.8 Å². The lowest BCUT2D eigenvalue weighted by Crippen LogP contribution is -2.62. The van der Waals surface area contributed by atoms with Gasteiger partial charge in [-0.3, -0.25) is 57.5 Å². The lowest BCUT2D eigenvalue weighted by Gasteiger charge is -2.28. The van der Waals surface area contributed by atoms with Gasteiger partial charge in [0.1, 0.15) is 36.3 Å². The zero-order valence-corrected chi connectivity index (χ0v) is 38.6. The Morgan fingerprint density at radius 3 is 1.62 bits per heavy atom. The van der Waals surface area contributed by atoms with Crippen LogP contribution in [0.5, 0.6) is 0 Å². The Kier molecular flexibility index (Phi) is 29.0. The van der Waals surface area contributed by atoms with Crippen molar-refractivity contribution in [2.24, 2.45) is 23.1 Å². The molecule has 0 aliphatic heterocycles. The van der Waals surface area contributed by atoms with Gasteiger partial charge in [-0.05, 0) is 38.6 Å². The first-order valence-electron chi connectivity index (χ1n) is 21.1. The van der Waals surface area contributed by atoms with Gasteiger partial charge < -0.3 is 85.5 Å². The highest BCUT2D eigenvalue weighted by Gasteiger charge is 2.35. The van der Waals surface area contributed by atoms with Gasteiger partial charge in [-0.15, -0.1) is 0 Å². The van der Waals surface area contributed by atoms with Crippen LogP contribution >= 0.6 is 12.6 Å². The van der Waals surface area contributed by atoms with Crippen LogP contribution in [0.4, 0.5) is 0 Å². The van der Waals surface area contributed by atoms with E-state index in [-0.39, 0.29) is 0 Å². The molecule has 0 heterocycles. The Balaban J connectivity index is 5.92. The van der Waals surface area contributed by atoms with E-state index in [4.69, 9.17) is 22.3 Å². The number of primary amides is 1. The first-order chi connectivity index (χ1) is 31.8. The van der Waals surface area contributed by atoms with Crippen LogP contribution in [0, 0.1) is 5.92 Å². The Labute approximate surface area is 395 Å². The van der Waals surface area contributed by atoms with Crippen LogP contribution in [0.1, 0.15) is 72.1 Å². The Hall–Kier alpha value is -6.66. The van der Waals surface area contributed by atoms with Crippen molar-refractivity contribution in [3.8, 4) is 0 Å². The minimum Gasteiger partial charge on any atom is -0.481 e. The standard InChI is InChI=1S/C38H64N12O17S/c1-4-17(2)30(49-27(55)15-43-32(60)19(40)7-5-6-10-39)36(64)48-23(16-68)35(63)50-31(18(3)51)37(65)46-20(8-9-28(56)57)34(62)47-21(12-29(58)59)33(61)44-13-25(53)42-14-26(54)45-22(38(66)67)11-24(41)52/h17-23,30-31,51,68H,4-16,39-40H2,1-3H3,(H2,41,52)(H,42,53)(H,43,60)(H,44,61)(H,45,54)(H,46,65)(H,47,62)(H,48,64)(H,49,55)(H,50,63)(H,56,57)(H,58,59)(H,66,67)/t17-,18+,19-,20-,21-,22-,23-,30-,31-/m0/s1. The van der Waals surface area contributed by atoms with Gasteiger partial charge in [0.15, 0.2) is 0 Å². The number of aliphatic carboxylic acids is 3. The van der Waals surface area contributed by atoms with Crippen LogP contribution in [0.25, 0.3) is 0 Å². The van der Waals surface area contributed by atoms with E-state index in [0.29, 0.717) is 32.2 Å². The molecule has 30 heteroatoms. The molecule has 384 valence electrons. The molecule has 19 N–H and O–H groups in total. The van der Waals surface area contributed by atoms with E-state index < -0.39 is 182 Å². The number of carboxylic acid groups (broad SMARTS) is 3. The van der Waals surface area contributed by atoms with Gasteiger partial charge in [0, 0.05) is 12.2 Å². The fourth-order valence-corrected chi connectivity index (χ4v) is 5.87. The second kappa shape index (κ2) is 32.1. The summed E-state index contributed by atoms with van der Waals surface area (Å²) in [6, 6.07) is -11.1. The van der Waals surface area contributed by atoms with E-state index in [1.807, 2.05) is 21.3 Å². The van der Waals surface area contributed by atoms with Crippen molar-refractivity contribution in [2.75, 3.05) is 31.9 Å². The maximum absolute atomic E-state index is 13.5. The number of thiol groups is 1. The molecule has 0 aromatic rings. The number of nitrogens with two attached hydrogens (primary N) is 3. The molecule has 0 unspecified atom stereocenters. The largest absolute Gasteiger partial charge is 0.481 e. The molecule has 0 aliphatic rings. The third kappa shape index (κ3) is 24.7. The van der Waals surface area contributed by atoms with E-state index in [0.717, 1.165) is 6.92 Å². The molecule has 0 radical (unpaired) electrons. The molecule has 29 nitrogen and oxygen atoms in total. The van der Waals surface area contributed by atoms with E-state index >= 15 is 0 Å². The number of carboxylic acids is 3. The summed E-state index contributed by atoms with van der Waals surface area (Å²) in [5.41, 5.74) is 16.2. The molecular formula is C38H64N12O17S. The molecule has 0 aromatic heterocycles. The minimum atomic E-state index is -1.98. The zero-order chi connectivity index (χ0) is 52.3. The van der Waals surface area contributed by atoms with E-state index in [2.05, 4.69) is 39.2 Å². The van der Waals surface area contributed by atoms with Crippen LogP contribution in [0.2, 0.25) is 0 Å². The number of carbonyl (C=O) groups is 13. The van der Waals surface area contributed by atoms with Crippen molar-refractivity contribution in [1.29, 1.82) is 0 Å². The molecule has 0 bridgehead atoms. The lowest BCUT2D eigenvalue weighted by molar-refractivity contribution is -0.143. The number of nitrogens with one attached hydrogen (secondary N) is 9. The normalized spacial score (nSPS) is 14.8. The summed E-state index contributed by atoms with van der Waals surface area (Å²) in [4.78, 5) is 161. The van der Waals surface area contributed by atoms with E-state index in [1.165, 1.54) is 0 Å². The topological polar surface area (TPSA) is 489 Å². The second-order valence-corrected chi connectivity index (χ2v) is 15.7. The molecule has 9 atom stereocenters. The molecule has 68 heavy (non-hydrogen) atoms. The Morgan fingerprint density at radius 1 is 0.559 bits per heavy atom. The Morgan fingerprint density at radius 2 is 1.09 bits per heavy atom. The van der Waals surface area contributed by atoms with Gasteiger partial charge >= 0.3 is 17.9 Å². The molecule has 0 spiro atoms. The van der Waals surface area contributed by atoms with Crippen LogP contribution < -0.4 is 65.1 Å². The van der Waals surface area contributed by atoms with Crippen LogP contribution in [0.15, 0.2) is 0 Å². The Bertz CT molecular complexity index is 1820. The monoisotopic (exact) mass is 992 g/mol. The molecule has 10 amide bonds. The summed E-state index contributed by atoms with van der Waals surface area (Å²) in [6.45, 7) is 2.50. The predicted molar refractivity (Wildman–Crippen MR) is 237 cm³/mol. The quantitative estimate of drug-likeness (QED) is 0.0210. The number of carbonyl (C=O) groups excluding carboxylic acids is 10. The number of aliphatic hydroxyl groups excluding tert-OH is 1. The molecule has 0 aliphatic carbocycles. The number of unbranched alkanes of at least 4 members (excludes halogenated alkanes) is 1. The van der Waals surface area contributed by atoms with Crippen LogP contribution in [-0.2, 0) is 62.3 Å². The lowest BCUT2D eigenvalue weighted by atomic mass is 9.98. The molecule has 0 fully saturated rings. The first-order valence-corrected chi connectivity index (χ1v) is 21.7. The number of aliphatic hydroxyl groups is 1. The second-order valence-electron chi connectivity index (χ2n) is 15.3. The molecule has 0 saturated heterocycles. The number of rotatable bonds is 34.